The minimum Gasteiger partial charge on any atom is -0.350 e. The molecule has 1 aliphatic heterocycles. The van der Waals surface area contributed by atoms with Gasteiger partial charge in [-0.2, -0.15) is 0 Å². The highest BCUT2D eigenvalue weighted by atomic mass is 16.2. The van der Waals surface area contributed by atoms with Crippen LogP contribution in [-0.4, -0.2) is 23.8 Å². The summed E-state index contributed by atoms with van der Waals surface area (Å²) in [5.41, 5.74) is 1.13. The Hall–Kier alpha value is -2.62. The molecular formula is C15H12N2O2. The zero-order valence-electron chi connectivity index (χ0n) is 10.4. The van der Waals surface area contributed by atoms with Crippen molar-refractivity contribution < 1.29 is 9.59 Å². The molecule has 0 aromatic heterocycles. The number of rotatable bonds is 2. The summed E-state index contributed by atoms with van der Waals surface area (Å²) < 4.78 is 0. The first-order chi connectivity index (χ1) is 9.16. The lowest BCUT2D eigenvalue weighted by Gasteiger charge is -2.11. The van der Waals surface area contributed by atoms with Gasteiger partial charge in [0.2, 0.25) is 0 Å². The fourth-order valence-electron chi connectivity index (χ4n) is 2.13. The number of amides is 2. The Balaban J connectivity index is 2.01. The van der Waals surface area contributed by atoms with Gasteiger partial charge in [0.05, 0.1) is 0 Å². The second kappa shape index (κ2) is 4.24. The number of anilines is 1. The third-order valence-electron chi connectivity index (χ3n) is 3.19. The predicted octanol–water partition coefficient (Wildman–Crippen LogP) is 2.13. The van der Waals surface area contributed by atoms with Gasteiger partial charge >= 0.3 is 0 Å². The van der Waals surface area contributed by atoms with Gasteiger partial charge in [0.25, 0.3) is 11.8 Å². The summed E-state index contributed by atoms with van der Waals surface area (Å²) in [5, 5.41) is 5.14. The molecule has 0 atom stereocenters. The molecule has 2 aromatic rings. The van der Waals surface area contributed by atoms with E-state index < -0.39 is 0 Å². The van der Waals surface area contributed by atoms with E-state index in [0.717, 1.165) is 21.4 Å². The van der Waals surface area contributed by atoms with Gasteiger partial charge in [0, 0.05) is 24.2 Å². The molecule has 0 unspecified atom stereocenters. The molecule has 1 N–H and O–H groups in total. The molecule has 0 saturated heterocycles. The molecule has 3 rings (SSSR count). The number of nitrogens with zero attached hydrogens (tertiary/aromatic N) is 1. The molecule has 19 heavy (non-hydrogen) atoms. The Kier molecular flexibility index (Phi) is 2.56. The summed E-state index contributed by atoms with van der Waals surface area (Å²) in [4.78, 5) is 24.4. The fourth-order valence-corrected chi connectivity index (χ4v) is 2.13. The highest BCUT2D eigenvalue weighted by molar-refractivity contribution is 6.17. The van der Waals surface area contributed by atoms with Crippen LogP contribution in [-0.2, 0) is 9.59 Å². The van der Waals surface area contributed by atoms with Crippen molar-refractivity contribution in [1.29, 1.82) is 0 Å². The third-order valence-corrected chi connectivity index (χ3v) is 3.19. The van der Waals surface area contributed by atoms with E-state index in [2.05, 4.69) is 5.32 Å². The van der Waals surface area contributed by atoms with E-state index in [9.17, 15) is 9.59 Å². The average molecular weight is 252 g/mol. The number of hydrogen-bond donors (Lipinski definition) is 1. The molecule has 2 aromatic carbocycles. The quantitative estimate of drug-likeness (QED) is 0.833. The Bertz CT molecular complexity index is 714. The van der Waals surface area contributed by atoms with Crippen LogP contribution in [0.25, 0.3) is 10.8 Å². The maximum atomic E-state index is 11.8. The van der Waals surface area contributed by atoms with Gasteiger partial charge in [-0.1, -0.05) is 36.4 Å². The topological polar surface area (TPSA) is 49.4 Å². The zero-order valence-corrected chi connectivity index (χ0v) is 10.4. The van der Waals surface area contributed by atoms with Crippen molar-refractivity contribution in [3.05, 3.63) is 54.2 Å². The van der Waals surface area contributed by atoms with Crippen LogP contribution in [0.1, 0.15) is 0 Å². The van der Waals surface area contributed by atoms with Gasteiger partial charge in [-0.15, -0.1) is 0 Å². The minimum atomic E-state index is -0.307. The number of likely N-dealkylation sites (N-methyl/N-ethyl adjacent to an activating group) is 1. The minimum absolute atomic E-state index is 0.298. The lowest BCUT2D eigenvalue weighted by molar-refractivity contribution is -0.135. The molecule has 0 radical (unpaired) electrons. The van der Waals surface area contributed by atoms with E-state index in [1.165, 1.54) is 13.1 Å². The predicted molar refractivity (Wildman–Crippen MR) is 73.4 cm³/mol. The molecule has 2 amide bonds. The highest BCUT2D eigenvalue weighted by Crippen LogP contribution is 2.25. The zero-order chi connectivity index (χ0) is 13.4. The van der Waals surface area contributed by atoms with E-state index in [4.69, 9.17) is 0 Å². The molecule has 0 spiro atoms. The Morgan fingerprint density at radius 3 is 2.47 bits per heavy atom. The summed E-state index contributed by atoms with van der Waals surface area (Å²) in [6.07, 6.45) is 1.32. The number of nitrogens with one attached hydrogen (secondary N) is 1. The van der Waals surface area contributed by atoms with Crippen LogP contribution in [0.3, 0.4) is 0 Å². The first-order valence-corrected chi connectivity index (χ1v) is 5.95. The van der Waals surface area contributed by atoms with Crippen molar-refractivity contribution in [3.8, 4) is 0 Å². The Labute approximate surface area is 110 Å². The maximum Gasteiger partial charge on any atom is 0.277 e. The molecule has 94 valence electrons. The first kappa shape index (κ1) is 11.5. The largest absolute Gasteiger partial charge is 0.350 e. The smallest absolute Gasteiger partial charge is 0.277 e. The van der Waals surface area contributed by atoms with Gasteiger partial charge in [-0.3, -0.25) is 14.5 Å². The number of fused-ring (bicyclic) bond motifs is 1. The van der Waals surface area contributed by atoms with Crippen molar-refractivity contribution in [2.75, 3.05) is 12.4 Å². The first-order valence-electron chi connectivity index (χ1n) is 5.95. The van der Waals surface area contributed by atoms with Gasteiger partial charge in [-0.05, 0) is 11.5 Å². The van der Waals surface area contributed by atoms with Crippen LogP contribution in [0.2, 0.25) is 0 Å². The Morgan fingerprint density at radius 1 is 1.00 bits per heavy atom. The number of hydrogen-bond acceptors (Lipinski definition) is 3. The highest BCUT2D eigenvalue weighted by Gasteiger charge is 2.27. The molecule has 0 bridgehead atoms. The fraction of sp³-hybridized carbons (Fsp3) is 0.0667. The van der Waals surface area contributed by atoms with Crippen LogP contribution < -0.4 is 5.32 Å². The van der Waals surface area contributed by atoms with E-state index >= 15 is 0 Å². The summed E-state index contributed by atoms with van der Waals surface area (Å²) >= 11 is 0. The standard InChI is InChI=1S/C15H12N2O2/c1-17-14(18)9-13(15(17)19)16-12-8-4-6-10-5-2-3-7-11(10)12/h2-9,16H,1H3. The number of imide groups is 1. The molecule has 4 heteroatoms. The summed E-state index contributed by atoms with van der Waals surface area (Å²) in [6, 6.07) is 13.7. The van der Waals surface area contributed by atoms with Crippen LogP contribution in [0.5, 0.6) is 0 Å². The second-order valence-corrected chi connectivity index (χ2v) is 4.41. The van der Waals surface area contributed by atoms with Gasteiger partial charge in [0.15, 0.2) is 0 Å². The summed E-state index contributed by atoms with van der Waals surface area (Å²) in [6.45, 7) is 0. The van der Waals surface area contributed by atoms with E-state index in [-0.39, 0.29) is 11.8 Å². The molecule has 0 saturated carbocycles. The van der Waals surface area contributed by atoms with Crippen LogP contribution in [0.4, 0.5) is 5.69 Å². The maximum absolute atomic E-state index is 11.8. The summed E-state index contributed by atoms with van der Waals surface area (Å²) in [7, 11) is 1.47. The average Bonchev–Trinajstić information content (AvgIpc) is 2.67. The monoisotopic (exact) mass is 252 g/mol. The molecule has 0 aliphatic carbocycles. The van der Waals surface area contributed by atoms with Crippen LogP contribution in [0, 0.1) is 0 Å². The number of carbonyl (C=O) groups excluding carboxylic acids is 2. The lowest BCUT2D eigenvalue weighted by atomic mass is 10.1. The van der Waals surface area contributed by atoms with Crippen LogP contribution >= 0.6 is 0 Å². The lowest BCUT2D eigenvalue weighted by Crippen LogP contribution is -2.27. The van der Waals surface area contributed by atoms with Crippen molar-refractivity contribution >= 4 is 28.3 Å². The third kappa shape index (κ3) is 1.87. The van der Waals surface area contributed by atoms with E-state index in [0.29, 0.717) is 5.70 Å². The molecule has 0 fully saturated rings. The van der Waals surface area contributed by atoms with Crippen molar-refractivity contribution in [2.24, 2.45) is 0 Å². The van der Waals surface area contributed by atoms with Crippen molar-refractivity contribution in [1.82, 2.24) is 4.90 Å². The van der Waals surface area contributed by atoms with Gasteiger partial charge in [0.1, 0.15) is 5.70 Å². The normalized spacial score (nSPS) is 15.0. The number of benzene rings is 2. The second-order valence-electron chi connectivity index (χ2n) is 4.41. The SMILES string of the molecule is CN1C(=O)C=C(Nc2cccc3ccccc23)C1=O. The molecular weight excluding hydrogens is 240 g/mol. The molecule has 1 aliphatic rings. The van der Waals surface area contributed by atoms with E-state index in [1.54, 1.807) is 0 Å². The van der Waals surface area contributed by atoms with Gasteiger partial charge in [-0.25, -0.2) is 0 Å². The molecule has 4 nitrogen and oxygen atoms in total. The summed E-state index contributed by atoms with van der Waals surface area (Å²) in [5.74, 6) is -0.606. The Morgan fingerprint density at radius 2 is 1.74 bits per heavy atom. The molecule has 1 heterocycles. The van der Waals surface area contributed by atoms with E-state index in [1.807, 2.05) is 42.5 Å². The van der Waals surface area contributed by atoms with Crippen LogP contribution in [0.15, 0.2) is 54.2 Å². The van der Waals surface area contributed by atoms with Crippen molar-refractivity contribution in [2.45, 2.75) is 0 Å². The van der Waals surface area contributed by atoms with Crippen molar-refractivity contribution in [3.63, 3.8) is 0 Å². The number of carbonyl (C=O) groups is 2. The van der Waals surface area contributed by atoms with Gasteiger partial charge < -0.3 is 5.32 Å².